The van der Waals surface area contributed by atoms with E-state index in [2.05, 4.69) is 10.1 Å². The highest BCUT2D eigenvalue weighted by Crippen LogP contribution is 2.31. The molecule has 0 aliphatic heterocycles. The molecule has 0 radical (unpaired) electrons. The number of aromatic hydroxyl groups is 1. The van der Waals surface area contributed by atoms with E-state index in [0.29, 0.717) is 17.1 Å². The highest BCUT2D eigenvalue weighted by molar-refractivity contribution is 7.13. The maximum Gasteiger partial charge on any atom is 0.262 e. The predicted octanol–water partition coefficient (Wildman–Crippen LogP) is 2.75. The van der Waals surface area contributed by atoms with Crippen LogP contribution in [0.1, 0.15) is 0 Å². The predicted molar refractivity (Wildman–Crippen MR) is 69.1 cm³/mol. The zero-order chi connectivity index (χ0) is 12.5. The van der Waals surface area contributed by atoms with Gasteiger partial charge in [-0.3, -0.25) is 0 Å². The second-order valence-corrected chi connectivity index (χ2v) is 4.62. The van der Waals surface area contributed by atoms with Crippen LogP contribution in [-0.4, -0.2) is 15.2 Å². The molecule has 0 aliphatic rings. The second kappa shape index (κ2) is 4.15. The van der Waals surface area contributed by atoms with Crippen LogP contribution in [0.3, 0.4) is 0 Å². The molecule has 0 spiro atoms. The number of phenolic OH excluding ortho intramolecular Hbond substituents is 1. The number of hydrogen-bond donors (Lipinski definition) is 2. The van der Waals surface area contributed by atoms with Gasteiger partial charge < -0.3 is 15.4 Å². The lowest BCUT2D eigenvalue weighted by molar-refractivity contribution is 0.426. The van der Waals surface area contributed by atoms with Gasteiger partial charge in [0.1, 0.15) is 5.75 Å². The van der Waals surface area contributed by atoms with Gasteiger partial charge in [0.25, 0.3) is 5.89 Å². The Morgan fingerprint density at radius 1 is 1.28 bits per heavy atom. The molecule has 18 heavy (non-hydrogen) atoms. The van der Waals surface area contributed by atoms with Crippen molar-refractivity contribution in [2.75, 3.05) is 5.73 Å². The fourth-order valence-corrected chi connectivity index (χ4v) is 2.22. The number of nitrogen functional groups attached to an aromatic ring is 1. The Morgan fingerprint density at radius 3 is 2.89 bits per heavy atom. The summed E-state index contributed by atoms with van der Waals surface area (Å²) in [7, 11) is 0. The summed E-state index contributed by atoms with van der Waals surface area (Å²) in [6.07, 6.45) is 0. The lowest BCUT2D eigenvalue weighted by Crippen LogP contribution is -1.85. The van der Waals surface area contributed by atoms with Gasteiger partial charge in [-0.05, 0) is 23.6 Å². The van der Waals surface area contributed by atoms with Crippen LogP contribution < -0.4 is 5.73 Å². The minimum Gasteiger partial charge on any atom is -0.507 e. The van der Waals surface area contributed by atoms with Crippen molar-refractivity contribution in [2.45, 2.75) is 0 Å². The van der Waals surface area contributed by atoms with Crippen LogP contribution in [0.5, 0.6) is 5.75 Å². The van der Waals surface area contributed by atoms with Gasteiger partial charge in [0.15, 0.2) is 0 Å². The average molecular weight is 259 g/mol. The third kappa shape index (κ3) is 1.82. The standard InChI is InChI=1S/C12H9N3O2S/c13-7-3-4-8(9(16)6-7)12-14-11(15-17-12)10-2-1-5-18-10/h1-6,16H,13H2. The van der Waals surface area contributed by atoms with E-state index in [4.69, 9.17) is 10.3 Å². The van der Waals surface area contributed by atoms with Gasteiger partial charge in [-0.2, -0.15) is 4.98 Å². The van der Waals surface area contributed by atoms with Crippen LogP contribution in [-0.2, 0) is 0 Å². The van der Waals surface area contributed by atoms with E-state index in [1.807, 2.05) is 17.5 Å². The number of benzene rings is 1. The van der Waals surface area contributed by atoms with Gasteiger partial charge in [-0.15, -0.1) is 11.3 Å². The molecule has 5 nitrogen and oxygen atoms in total. The van der Waals surface area contributed by atoms with Gasteiger partial charge in [-0.1, -0.05) is 11.2 Å². The van der Waals surface area contributed by atoms with Crippen molar-refractivity contribution < 1.29 is 9.63 Å². The summed E-state index contributed by atoms with van der Waals surface area (Å²) in [5, 5.41) is 15.6. The largest absolute Gasteiger partial charge is 0.507 e. The van der Waals surface area contributed by atoms with E-state index >= 15 is 0 Å². The summed E-state index contributed by atoms with van der Waals surface area (Å²) < 4.78 is 5.14. The summed E-state index contributed by atoms with van der Waals surface area (Å²) in [5.41, 5.74) is 6.52. The number of thiophene rings is 1. The van der Waals surface area contributed by atoms with E-state index in [1.54, 1.807) is 12.1 Å². The van der Waals surface area contributed by atoms with E-state index in [9.17, 15) is 5.11 Å². The molecule has 0 saturated carbocycles. The molecule has 90 valence electrons. The molecule has 0 saturated heterocycles. The third-order valence-electron chi connectivity index (χ3n) is 2.42. The Balaban J connectivity index is 2.03. The molecular weight excluding hydrogens is 250 g/mol. The Labute approximate surface area is 107 Å². The second-order valence-electron chi connectivity index (χ2n) is 3.68. The minimum atomic E-state index is 0.0244. The van der Waals surface area contributed by atoms with Crippen LogP contribution >= 0.6 is 11.3 Å². The molecule has 2 aromatic heterocycles. The van der Waals surface area contributed by atoms with Crippen molar-refractivity contribution in [3.8, 4) is 27.9 Å². The number of phenols is 1. The van der Waals surface area contributed by atoms with Crippen molar-refractivity contribution in [1.29, 1.82) is 0 Å². The minimum absolute atomic E-state index is 0.0244. The smallest absolute Gasteiger partial charge is 0.262 e. The van der Waals surface area contributed by atoms with E-state index < -0.39 is 0 Å². The Hall–Kier alpha value is -2.34. The van der Waals surface area contributed by atoms with E-state index in [1.165, 1.54) is 17.4 Å². The first-order chi connectivity index (χ1) is 8.74. The number of rotatable bonds is 2. The van der Waals surface area contributed by atoms with Crippen LogP contribution in [0, 0.1) is 0 Å². The molecule has 0 amide bonds. The molecule has 6 heteroatoms. The molecule has 1 aromatic carbocycles. The summed E-state index contributed by atoms with van der Waals surface area (Å²) in [6.45, 7) is 0. The number of hydrogen-bond acceptors (Lipinski definition) is 6. The molecule has 3 aromatic rings. The van der Waals surface area contributed by atoms with Gasteiger partial charge >= 0.3 is 0 Å². The van der Waals surface area contributed by atoms with Crippen LogP contribution in [0.25, 0.3) is 22.2 Å². The highest BCUT2D eigenvalue weighted by atomic mass is 32.1. The quantitative estimate of drug-likeness (QED) is 0.691. The number of nitrogens with zero attached hydrogens (tertiary/aromatic N) is 2. The third-order valence-corrected chi connectivity index (χ3v) is 3.29. The molecule has 0 fully saturated rings. The first-order valence-corrected chi connectivity index (χ1v) is 6.08. The fraction of sp³-hybridized carbons (Fsp3) is 0. The topological polar surface area (TPSA) is 85.2 Å². The summed E-state index contributed by atoms with van der Waals surface area (Å²) in [6, 6.07) is 8.59. The monoisotopic (exact) mass is 259 g/mol. The molecule has 0 unspecified atom stereocenters. The van der Waals surface area contributed by atoms with Crippen molar-refractivity contribution in [3.63, 3.8) is 0 Å². The zero-order valence-corrected chi connectivity index (χ0v) is 10.0. The van der Waals surface area contributed by atoms with E-state index in [0.717, 1.165) is 4.88 Å². The Bertz CT molecular complexity index is 676. The van der Waals surface area contributed by atoms with Crippen molar-refractivity contribution in [3.05, 3.63) is 35.7 Å². The van der Waals surface area contributed by atoms with Gasteiger partial charge in [0.05, 0.1) is 10.4 Å². The van der Waals surface area contributed by atoms with Crippen LogP contribution in [0.15, 0.2) is 40.2 Å². The maximum absolute atomic E-state index is 9.78. The molecule has 2 heterocycles. The molecule has 3 N–H and O–H groups in total. The SMILES string of the molecule is Nc1ccc(-c2nc(-c3cccs3)no2)c(O)c1. The van der Waals surface area contributed by atoms with E-state index in [-0.39, 0.29) is 11.6 Å². The maximum atomic E-state index is 9.78. The lowest BCUT2D eigenvalue weighted by Gasteiger charge is -1.99. The lowest BCUT2D eigenvalue weighted by atomic mass is 10.2. The molecule has 0 aliphatic carbocycles. The molecule has 0 bridgehead atoms. The molecule has 0 atom stereocenters. The summed E-state index contributed by atoms with van der Waals surface area (Å²) in [5.74, 6) is 0.809. The Morgan fingerprint density at radius 2 is 2.17 bits per heavy atom. The summed E-state index contributed by atoms with van der Waals surface area (Å²) >= 11 is 1.52. The first-order valence-electron chi connectivity index (χ1n) is 5.20. The number of anilines is 1. The number of nitrogens with two attached hydrogens (primary N) is 1. The van der Waals surface area contributed by atoms with Gasteiger partial charge in [0, 0.05) is 11.8 Å². The average Bonchev–Trinajstić information content (AvgIpc) is 2.99. The van der Waals surface area contributed by atoms with Crippen LogP contribution in [0.4, 0.5) is 5.69 Å². The normalized spacial score (nSPS) is 10.7. The molecular formula is C12H9N3O2S. The molecule has 3 rings (SSSR count). The van der Waals surface area contributed by atoms with Crippen LogP contribution in [0.2, 0.25) is 0 Å². The van der Waals surface area contributed by atoms with Crippen molar-refractivity contribution in [1.82, 2.24) is 10.1 Å². The Kier molecular flexibility index (Phi) is 2.49. The zero-order valence-electron chi connectivity index (χ0n) is 9.20. The summed E-state index contributed by atoms with van der Waals surface area (Å²) in [4.78, 5) is 5.16. The van der Waals surface area contributed by atoms with Crippen molar-refractivity contribution >= 4 is 17.0 Å². The fourth-order valence-electron chi connectivity index (χ4n) is 1.57. The first kappa shape index (κ1) is 10.8. The van der Waals surface area contributed by atoms with Gasteiger partial charge in [0.2, 0.25) is 5.82 Å². The van der Waals surface area contributed by atoms with Crippen molar-refractivity contribution in [2.24, 2.45) is 0 Å². The number of aromatic nitrogens is 2. The van der Waals surface area contributed by atoms with Gasteiger partial charge in [-0.25, -0.2) is 0 Å². The highest BCUT2D eigenvalue weighted by Gasteiger charge is 2.14.